The van der Waals surface area contributed by atoms with Crippen molar-refractivity contribution in [2.45, 2.75) is 6.04 Å². The Morgan fingerprint density at radius 3 is 2.75 bits per heavy atom. The molecular weight excluding hydrogens is 272 g/mol. The normalized spacial score (nSPS) is 32.5. The number of furan rings is 1. The molecule has 1 saturated carbocycles. The molecule has 1 saturated heterocycles. The van der Waals surface area contributed by atoms with E-state index >= 15 is 0 Å². The number of hydrogen-bond donors (Lipinski definition) is 1. The number of nitrogens with zero attached hydrogens (tertiary/aromatic N) is 1. The van der Waals surface area contributed by atoms with Gasteiger partial charge in [0.05, 0.1) is 0 Å². The first-order valence-electron chi connectivity index (χ1n) is 5.40. The summed E-state index contributed by atoms with van der Waals surface area (Å²) in [5, 5.41) is 3.03. The van der Waals surface area contributed by atoms with Gasteiger partial charge in [0.15, 0.2) is 10.4 Å². The predicted octanol–water partition coefficient (Wildman–Crippen LogP) is 1.33. The van der Waals surface area contributed by atoms with E-state index in [0.717, 1.165) is 13.1 Å². The average Bonchev–Trinajstić information content (AvgIpc) is 2.68. The molecule has 1 amide bonds. The van der Waals surface area contributed by atoms with Crippen molar-refractivity contribution in [3.05, 3.63) is 22.6 Å². The fraction of sp³-hybridized carbons (Fsp3) is 0.545. The van der Waals surface area contributed by atoms with Gasteiger partial charge in [0.1, 0.15) is 0 Å². The molecule has 1 aromatic heterocycles. The van der Waals surface area contributed by atoms with Crippen molar-refractivity contribution >= 4 is 21.8 Å². The minimum atomic E-state index is -0.104. The van der Waals surface area contributed by atoms with E-state index in [1.54, 1.807) is 12.1 Å². The second-order valence-electron chi connectivity index (χ2n) is 4.65. The first-order valence-corrected chi connectivity index (χ1v) is 6.19. The number of carbonyl (C=O) groups excluding carboxylic acids is 1. The highest BCUT2D eigenvalue weighted by Gasteiger charge is 2.55. The molecule has 3 rings (SSSR count). The molecule has 0 aromatic carbocycles. The molecular formula is C11H13BrN2O2. The van der Waals surface area contributed by atoms with E-state index in [1.165, 1.54) is 0 Å². The molecule has 2 aliphatic rings. The third kappa shape index (κ3) is 1.68. The van der Waals surface area contributed by atoms with E-state index in [-0.39, 0.29) is 5.91 Å². The van der Waals surface area contributed by atoms with Gasteiger partial charge in [-0.25, -0.2) is 0 Å². The summed E-state index contributed by atoms with van der Waals surface area (Å²) < 4.78 is 5.80. The Bertz CT molecular complexity index is 419. The number of likely N-dealkylation sites (tertiary alicyclic amines) is 1. The number of nitrogens with one attached hydrogen (secondary N) is 1. The summed E-state index contributed by atoms with van der Waals surface area (Å²) in [4.78, 5) is 14.1. The molecule has 0 radical (unpaired) electrons. The number of amides is 1. The van der Waals surface area contributed by atoms with E-state index in [4.69, 9.17) is 4.42 Å². The molecule has 5 heteroatoms. The Balaban J connectivity index is 1.59. The molecule has 16 heavy (non-hydrogen) atoms. The Morgan fingerprint density at radius 2 is 2.19 bits per heavy atom. The minimum Gasteiger partial charge on any atom is -0.444 e. The summed E-state index contributed by atoms with van der Waals surface area (Å²) in [7, 11) is 2.12. The third-order valence-corrected chi connectivity index (χ3v) is 3.90. The van der Waals surface area contributed by atoms with Gasteiger partial charge < -0.3 is 14.6 Å². The lowest BCUT2D eigenvalue weighted by atomic mass is 10.3. The van der Waals surface area contributed by atoms with Crippen molar-refractivity contribution in [1.82, 2.24) is 10.2 Å². The molecule has 1 aliphatic carbocycles. The van der Waals surface area contributed by atoms with Crippen LogP contribution in [0, 0.1) is 11.8 Å². The molecule has 4 nitrogen and oxygen atoms in total. The maximum absolute atomic E-state index is 11.8. The maximum atomic E-state index is 11.8. The van der Waals surface area contributed by atoms with Crippen LogP contribution in [0.5, 0.6) is 0 Å². The van der Waals surface area contributed by atoms with Crippen LogP contribution in [0.15, 0.2) is 21.2 Å². The quantitative estimate of drug-likeness (QED) is 0.891. The molecule has 1 N–H and O–H groups in total. The first-order chi connectivity index (χ1) is 7.65. The van der Waals surface area contributed by atoms with E-state index in [0.29, 0.717) is 28.3 Å². The van der Waals surface area contributed by atoms with Crippen molar-refractivity contribution in [3.63, 3.8) is 0 Å². The number of hydrogen-bond acceptors (Lipinski definition) is 3. The lowest BCUT2D eigenvalue weighted by Crippen LogP contribution is -2.33. The summed E-state index contributed by atoms with van der Waals surface area (Å²) in [6.07, 6.45) is 0. The number of halogens is 1. The van der Waals surface area contributed by atoms with Crippen LogP contribution < -0.4 is 5.32 Å². The van der Waals surface area contributed by atoms with Crippen molar-refractivity contribution in [1.29, 1.82) is 0 Å². The van der Waals surface area contributed by atoms with Gasteiger partial charge >= 0.3 is 0 Å². The monoisotopic (exact) mass is 284 g/mol. The van der Waals surface area contributed by atoms with Crippen LogP contribution in [0.4, 0.5) is 0 Å². The third-order valence-electron chi connectivity index (χ3n) is 3.47. The van der Waals surface area contributed by atoms with Gasteiger partial charge in [-0.1, -0.05) is 0 Å². The number of carbonyl (C=O) groups is 1. The lowest BCUT2D eigenvalue weighted by Gasteiger charge is -2.13. The summed E-state index contributed by atoms with van der Waals surface area (Å²) in [5.74, 6) is 1.57. The molecule has 1 unspecified atom stereocenters. The first kappa shape index (κ1) is 10.4. The topological polar surface area (TPSA) is 45.5 Å². The number of rotatable bonds is 2. The van der Waals surface area contributed by atoms with Crippen molar-refractivity contribution in [2.24, 2.45) is 11.8 Å². The van der Waals surface area contributed by atoms with Gasteiger partial charge in [-0.3, -0.25) is 4.79 Å². The summed E-state index contributed by atoms with van der Waals surface area (Å²) in [6, 6.07) is 3.77. The standard InChI is InChI=1S/C11H13BrN2O2/c1-14-4-6-7(5-14)10(6)13-11(15)8-2-3-9(12)16-8/h2-3,6-7,10H,4-5H2,1H3,(H,13,15)/t6-,7+,10?. The van der Waals surface area contributed by atoms with Crippen molar-refractivity contribution in [2.75, 3.05) is 20.1 Å². The zero-order valence-corrected chi connectivity index (χ0v) is 10.5. The van der Waals surface area contributed by atoms with Gasteiger partial charge in [0.2, 0.25) is 0 Å². The SMILES string of the molecule is CN1C[C@@H]2C(NC(=O)c3ccc(Br)o3)[C@@H]2C1. The molecule has 0 spiro atoms. The zero-order valence-electron chi connectivity index (χ0n) is 8.94. The van der Waals surface area contributed by atoms with Gasteiger partial charge in [0.25, 0.3) is 5.91 Å². The molecule has 1 aromatic rings. The fourth-order valence-corrected chi connectivity index (χ4v) is 2.92. The Labute approximate surface area is 102 Å². The lowest BCUT2D eigenvalue weighted by molar-refractivity contribution is 0.0915. The fourth-order valence-electron chi connectivity index (χ4n) is 2.61. The average molecular weight is 285 g/mol. The van der Waals surface area contributed by atoms with Crippen LogP contribution in [0.3, 0.4) is 0 Å². The van der Waals surface area contributed by atoms with Crippen molar-refractivity contribution in [3.8, 4) is 0 Å². The van der Waals surface area contributed by atoms with Gasteiger partial charge in [-0.05, 0) is 46.9 Å². The van der Waals surface area contributed by atoms with Crippen LogP contribution in [-0.2, 0) is 0 Å². The van der Waals surface area contributed by atoms with Crippen molar-refractivity contribution < 1.29 is 9.21 Å². The maximum Gasteiger partial charge on any atom is 0.287 e. The Morgan fingerprint density at radius 1 is 1.50 bits per heavy atom. The van der Waals surface area contributed by atoms with E-state index in [2.05, 4.69) is 33.2 Å². The van der Waals surface area contributed by atoms with E-state index in [9.17, 15) is 4.79 Å². The summed E-state index contributed by atoms with van der Waals surface area (Å²) >= 11 is 3.19. The molecule has 86 valence electrons. The highest BCUT2D eigenvalue weighted by molar-refractivity contribution is 9.10. The van der Waals surface area contributed by atoms with Crippen LogP contribution in [0.2, 0.25) is 0 Å². The molecule has 1 aliphatic heterocycles. The number of piperidine rings is 1. The molecule has 0 bridgehead atoms. The smallest absolute Gasteiger partial charge is 0.287 e. The zero-order chi connectivity index (χ0) is 11.3. The largest absolute Gasteiger partial charge is 0.444 e. The van der Waals surface area contributed by atoms with E-state index < -0.39 is 0 Å². The van der Waals surface area contributed by atoms with Gasteiger partial charge in [-0.15, -0.1) is 0 Å². The Kier molecular flexibility index (Phi) is 2.33. The van der Waals surface area contributed by atoms with E-state index in [1.807, 2.05) is 0 Å². The number of fused-ring (bicyclic) bond motifs is 1. The summed E-state index contributed by atoms with van der Waals surface area (Å²) in [6.45, 7) is 2.19. The minimum absolute atomic E-state index is 0.104. The van der Waals surface area contributed by atoms with Crippen LogP contribution in [-0.4, -0.2) is 37.0 Å². The van der Waals surface area contributed by atoms with Crippen LogP contribution >= 0.6 is 15.9 Å². The predicted molar refractivity (Wildman–Crippen MR) is 62.1 cm³/mol. The second kappa shape index (κ2) is 3.60. The van der Waals surface area contributed by atoms with Gasteiger partial charge in [-0.2, -0.15) is 0 Å². The molecule has 3 atom stereocenters. The molecule has 2 heterocycles. The summed E-state index contributed by atoms with van der Waals surface area (Å²) in [5.41, 5.74) is 0. The molecule has 2 fully saturated rings. The second-order valence-corrected chi connectivity index (χ2v) is 5.43. The Hall–Kier alpha value is -0.810. The highest BCUT2D eigenvalue weighted by Crippen LogP contribution is 2.44. The van der Waals surface area contributed by atoms with Crippen LogP contribution in [0.1, 0.15) is 10.6 Å². The van der Waals surface area contributed by atoms with Crippen LogP contribution in [0.25, 0.3) is 0 Å². The highest BCUT2D eigenvalue weighted by atomic mass is 79.9. The van der Waals surface area contributed by atoms with Gasteiger partial charge in [0, 0.05) is 19.1 Å².